The van der Waals surface area contributed by atoms with Crippen molar-refractivity contribution in [2.24, 2.45) is 0 Å². The third-order valence-corrected chi connectivity index (χ3v) is 4.85. The van der Waals surface area contributed by atoms with E-state index in [1.54, 1.807) is 19.0 Å². The average Bonchev–Trinajstić information content (AvgIpc) is 2.92. The smallest absolute Gasteiger partial charge is 0.201 e. The SMILES string of the molecule is CCc1cc2c(cc1CS(C)(=O)=O)CC(C(=O)/C(C#N)=C/N(C)C)=C2. The largest absolute Gasteiger partial charge is 0.382 e. The molecule has 1 aliphatic carbocycles. The number of hydrogen-bond acceptors (Lipinski definition) is 5. The van der Waals surface area contributed by atoms with Gasteiger partial charge in [-0.25, -0.2) is 8.42 Å². The number of benzene rings is 1. The Morgan fingerprint density at radius 2 is 2.00 bits per heavy atom. The number of carbonyl (C=O) groups excluding carboxylic acids is 1. The molecule has 0 radical (unpaired) electrons. The number of carbonyl (C=O) groups is 1. The molecule has 0 atom stereocenters. The molecule has 0 fully saturated rings. The molecule has 1 aromatic rings. The van der Waals surface area contributed by atoms with Gasteiger partial charge in [-0.15, -0.1) is 0 Å². The Kier molecular flexibility index (Phi) is 5.48. The molecule has 0 bridgehead atoms. The molecule has 1 aromatic carbocycles. The summed E-state index contributed by atoms with van der Waals surface area (Å²) in [6, 6.07) is 5.79. The summed E-state index contributed by atoms with van der Waals surface area (Å²) in [6.07, 6.45) is 5.68. The first kappa shape index (κ1) is 18.9. The Balaban J connectivity index is 2.37. The van der Waals surface area contributed by atoms with Crippen molar-refractivity contribution >= 4 is 21.7 Å². The van der Waals surface area contributed by atoms with Gasteiger partial charge in [-0.1, -0.05) is 19.1 Å². The highest BCUT2D eigenvalue weighted by atomic mass is 32.2. The van der Waals surface area contributed by atoms with Gasteiger partial charge in [0.2, 0.25) is 5.78 Å². The molecule has 0 heterocycles. The van der Waals surface area contributed by atoms with Crippen molar-refractivity contribution in [1.82, 2.24) is 4.90 Å². The van der Waals surface area contributed by atoms with Gasteiger partial charge in [-0.3, -0.25) is 4.79 Å². The summed E-state index contributed by atoms with van der Waals surface area (Å²) in [5, 5.41) is 9.22. The predicted molar refractivity (Wildman–Crippen MR) is 98.4 cm³/mol. The first-order valence-electron chi connectivity index (χ1n) is 8.00. The molecule has 0 aliphatic heterocycles. The Morgan fingerprint density at radius 1 is 1.32 bits per heavy atom. The van der Waals surface area contributed by atoms with E-state index < -0.39 is 9.84 Å². The van der Waals surface area contributed by atoms with Crippen LogP contribution in [-0.2, 0) is 33.2 Å². The number of sulfone groups is 1. The molecule has 0 N–H and O–H groups in total. The number of nitriles is 1. The van der Waals surface area contributed by atoms with Crippen LogP contribution in [0.15, 0.2) is 29.5 Å². The molecule has 0 saturated carbocycles. The van der Waals surface area contributed by atoms with Crippen LogP contribution in [-0.4, -0.2) is 39.5 Å². The van der Waals surface area contributed by atoms with E-state index in [0.29, 0.717) is 12.0 Å². The fourth-order valence-corrected chi connectivity index (χ4v) is 3.79. The molecular weight excluding hydrogens is 336 g/mol. The standard InChI is InChI=1S/C19H22N2O3S/c1-5-13-6-14-7-16(19(22)18(10-20)11-21(2)3)8-15(14)9-17(13)12-25(4,23)24/h6-7,9,11H,5,8,12H2,1-4H3/b18-11+. The minimum atomic E-state index is -3.13. The van der Waals surface area contributed by atoms with E-state index >= 15 is 0 Å². The maximum absolute atomic E-state index is 12.6. The summed E-state index contributed by atoms with van der Waals surface area (Å²) in [6.45, 7) is 1.98. The quantitative estimate of drug-likeness (QED) is 0.576. The molecule has 6 heteroatoms. The lowest BCUT2D eigenvalue weighted by Gasteiger charge is -2.10. The second-order valence-electron chi connectivity index (χ2n) is 6.54. The van der Waals surface area contributed by atoms with Crippen molar-refractivity contribution in [3.63, 3.8) is 0 Å². The van der Waals surface area contributed by atoms with E-state index in [4.69, 9.17) is 0 Å². The van der Waals surface area contributed by atoms with Gasteiger partial charge in [-0.05, 0) is 34.8 Å². The monoisotopic (exact) mass is 358 g/mol. The van der Waals surface area contributed by atoms with E-state index in [2.05, 4.69) is 0 Å². The lowest BCUT2D eigenvalue weighted by molar-refractivity contribution is -0.111. The average molecular weight is 358 g/mol. The van der Waals surface area contributed by atoms with Crippen LogP contribution in [0.1, 0.15) is 29.2 Å². The number of Topliss-reactive ketones (excluding diaryl/α,β-unsaturated/α-hetero) is 1. The molecule has 0 amide bonds. The molecule has 1 aliphatic rings. The molecule has 132 valence electrons. The van der Waals surface area contributed by atoms with Crippen molar-refractivity contribution in [2.75, 3.05) is 20.4 Å². The van der Waals surface area contributed by atoms with Gasteiger partial charge < -0.3 is 4.90 Å². The molecule has 0 aromatic heterocycles. The number of hydrogen-bond donors (Lipinski definition) is 0. The third-order valence-electron chi connectivity index (χ3n) is 4.01. The molecule has 0 unspecified atom stereocenters. The Bertz CT molecular complexity index is 917. The highest BCUT2D eigenvalue weighted by Gasteiger charge is 2.23. The van der Waals surface area contributed by atoms with E-state index in [1.807, 2.05) is 31.2 Å². The van der Waals surface area contributed by atoms with E-state index in [-0.39, 0.29) is 17.1 Å². The van der Waals surface area contributed by atoms with Crippen LogP contribution in [0, 0.1) is 11.3 Å². The van der Waals surface area contributed by atoms with E-state index in [0.717, 1.165) is 28.7 Å². The Hall–Kier alpha value is -2.39. The van der Waals surface area contributed by atoms with Gasteiger partial charge in [0.05, 0.1) is 5.75 Å². The zero-order valence-corrected chi connectivity index (χ0v) is 15.8. The summed E-state index contributed by atoms with van der Waals surface area (Å²) >= 11 is 0. The van der Waals surface area contributed by atoms with Crippen molar-refractivity contribution < 1.29 is 13.2 Å². The minimum Gasteiger partial charge on any atom is -0.382 e. The minimum absolute atomic E-state index is 0.00326. The van der Waals surface area contributed by atoms with Gasteiger partial charge in [-0.2, -0.15) is 5.26 Å². The molecule has 25 heavy (non-hydrogen) atoms. The molecule has 0 saturated heterocycles. The summed E-state index contributed by atoms with van der Waals surface area (Å²) in [7, 11) is 0.385. The van der Waals surface area contributed by atoms with Crippen LogP contribution < -0.4 is 0 Å². The molecular formula is C19H22N2O3S. The van der Waals surface area contributed by atoms with Crippen LogP contribution in [0.25, 0.3) is 6.08 Å². The highest BCUT2D eigenvalue weighted by Crippen LogP contribution is 2.30. The van der Waals surface area contributed by atoms with Crippen LogP contribution in [0.3, 0.4) is 0 Å². The topological polar surface area (TPSA) is 78.2 Å². The van der Waals surface area contributed by atoms with Crippen LogP contribution in [0.5, 0.6) is 0 Å². The number of nitrogens with zero attached hydrogens (tertiary/aromatic N) is 2. The lowest BCUT2D eigenvalue weighted by atomic mass is 9.98. The predicted octanol–water partition coefficient (Wildman–Crippen LogP) is 2.27. The normalized spacial score (nSPS) is 13.9. The highest BCUT2D eigenvalue weighted by molar-refractivity contribution is 7.89. The van der Waals surface area contributed by atoms with Crippen LogP contribution >= 0.6 is 0 Å². The zero-order chi connectivity index (χ0) is 18.8. The first-order chi connectivity index (χ1) is 11.6. The number of ketones is 1. The van der Waals surface area contributed by atoms with Gasteiger partial charge in [0.15, 0.2) is 9.84 Å². The second kappa shape index (κ2) is 7.24. The summed E-state index contributed by atoms with van der Waals surface area (Å²) < 4.78 is 23.3. The summed E-state index contributed by atoms with van der Waals surface area (Å²) in [4.78, 5) is 14.2. The number of allylic oxidation sites excluding steroid dienone is 2. The van der Waals surface area contributed by atoms with Gasteiger partial charge >= 0.3 is 0 Å². The zero-order valence-electron chi connectivity index (χ0n) is 15.0. The van der Waals surface area contributed by atoms with Crippen LogP contribution in [0.2, 0.25) is 0 Å². The fraction of sp³-hybridized carbons (Fsp3) is 0.368. The number of rotatable bonds is 6. The van der Waals surface area contributed by atoms with Crippen molar-refractivity contribution in [3.8, 4) is 6.07 Å². The third kappa shape index (κ3) is 4.58. The van der Waals surface area contributed by atoms with Gasteiger partial charge in [0, 0.05) is 38.5 Å². The van der Waals surface area contributed by atoms with Crippen molar-refractivity contribution in [2.45, 2.75) is 25.5 Å². The maximum atomic E-state index is 12.6. The van der Waals surface area contributed by atoms with Crippen molar-refractivity contribution in [1.29, 1.82) is 5.26 Å². The van der Waals surface area contributed by atoms with Crippen LogP contribution in [0.4, 0.5) is 0 Å². The molecule has 2 rings (SSSR count). The second-order valence-corrected chi connectivity index (χ2v) is 8.68. The van der Waals surface area contributed by atoms with Gasteiger partial charge in [0.1, 0.15) is 11.6 Å². The number of aryl methyl sites for hydroxylation is 1. The maximum Gasteiger partial charge on any atom is 0.201 e. The van der Waals surface area contributed by atoms with E-state index in [1.165, 1.54) is 12.5 Å². The molecule has 0 spiro atoms. The lowest BCUT2D eigenvalue weighted by Crippen LogP contribution is -2.10. The Morgan fingerprint density at radius 3 is 2.52 bits per heavy atom. The first-order valence-corrected chi connectivity index (χ1v) is 10.1. The van der Waals surface area contributed by atoms with E-state index in [9.17, 15) is 18.5 Å². The van der Waals surface area contributed by atoms with Crippen molar-refractivity contribution in [3.05, 3.63) is 51.7 Å². The molecule has 5 nitrogen and oxygen atoms in total. The van der Waals surface area contributed by atoms with Gasteiger partial charge in [0.25, 0.3) is 0 Å². The Labute approximate surface area is 149 Å². The fourth-order valence-electron chi connectivity index (χ4n) is 2.95. The number of fused-ring (bicyclic) bond motifs is 1. The summed E-state index contributed by atoms with van der Waals surface area (Å²) in [5.41, 5.74) is 4.27. The summed E-state index contributed by atoms with van der Waals surface area (Å²) in [5.74, 6) is -0.286.